The molecule has 6 nitrogen and oxygen atoms in total. The van der Waals surface area contributed by atoms with Gasteiger partial charge in [-0.15, -0.1) is 0 Å². The molecule has 1 aromatic rings. The minimum atomic E-state index is -0.454. The molecule has 0 unspecified atom stereocenters. The summed E-state index contributed by atoms with van der Waals surface area (Å²) in [7, 11) is 0. The molecule has 2 N–H and O–H groups in total. The lowest BCUT2D eigenvalue weighted by Crippen LogP contribution is -2.47. The smallest absolute Gasteiger partial charge is 0.321 e. The molecular formula is C15H20BrN3O3. The predicted molar refractivity (Wildman–Crippen MR) is 86.5 cm³/mol. The molecule has 1 saturated heterocycles. The Morgan fingerprint density at radius 1 is 1.36 bits per heavy atom. The normalized spacial score (nSPS) is 18.7. The van der Waals surface area contributed by atoms with Crippen LogP contribution in [0, 0.1) is 0 Å². The average molecular weight is 370 g/mol. The van der Waals surface area contributed by atoms with E-state index in [0.29, 0.717) is 26.2 Å². The van der Waals surface area contributed by atoms with Crippen LogP contribution in [0.4, 0.5) is 4.79 Å². The van der Waals surface area contributed by atoms with Crippen LogP contribution in [0.25, 0.3) is 0 Å². The van der Waals surface area contributed by atoms with Crippen LogP contribution in [0.3, 0.4) is 0 Å². The fraction of sp³-hybridized carbons (Fsp3) is 0.467. The highest BCUT2D eigenvalue weighted by molar-refractivity contribution is 9.10. The number of imide groups is 1. The largest absolute Gasteiger partial charge is 0.371 e. The van der Waals surface area contributed by atoms with Gasteiger partial charge in [0.1, 0.15) is 0 Å². The lowest BCUT2D eigenvalue weighted by molar-refractivity contribution is -0.123. The zero-order valence-electron chi connectivity index (χ0n) is 12.5. The van der Waals surface area contributed by atoms with Gasteiger partial charge in [-0.05, 0) is 24.6 Å². The van der Waals surface area contributed by atoms with Gasteiger partial charge in [0.05, 0.1) is 19.3 Å². The molecule has 0 aromatic heterocycles. The molecular weight excluding hydrogens is 350 g/mol. The van der Waals surface area contributed by atoms with Gasteiger partial charge in [0, 0.05) is 24.1 Å². The van der Waals surface area contributed by atoms with Crippen molar-refractivity contribution in [3.8, 4) is 0 Å². The zero-order chi connectivity index (χ0) is 15.9. The summed E-state index contributed by atoms with van der Waals surface area (Å²) in [5.41, 5.74) is 1.08. The maximum atomic E-state index is 11.8. The highest BCUT2D eigenvalue weighted by Crippen LogP contribution is 2.23. The average Bonchev–Trinajstić information content (AvgIpc) is 2.48. The monoisotopic (exact) mass is 369 g/mol. The van der Waals surface area contributed by atoms with Crippen LogP contribution >= 0.6 is 15.9 Å². The van der Waals surface area contributed by atoms with Crippen molar-refractivity contribution in [1.82, 2.24) is 15.5 Å². The number of benzene rings is 1. The summed E-state index contributed by atoms with van der Waals surface area (Å²) in [6.45, 7) is 4.35. The van der Waals surface area contributed by atoms with Gasteiger partial charge in [-0.3, -0.25) is 15.0 Å². The first-order valence-corrected chi connectivity index (χ1v) is 8.05. The van der Waals surface area contributed by atoms with Crippen LogP contribution in [0.2, 0.25) is 0 Å². The van der Waals surface area contributed by atoms with E-state index in [1.165, 1.54) is 0 Å². The number of hydrogen-bond donors (Lipinski definition) is 2. The summed E-state index contributed by atoms with van der Waals surface area (Å²) >= 11 is 3.41. The summed E-state index contributed by atoms with van der Waals surface area (Å²) in [4.78, 5) is 25.1. The SMILES string of the molecule is CCNC(=O)NC(=O)CN1CCO[C@H](c2ccc(Br)cc2)C1. The Morgan fingerprint density at radius 2 is 2.09 bits per heavy atom. The molecule has 2 rings (SSSR count). The summed E-state index contributed by atoms with van der Waals surface area (Å²) in [5, 5.41) is 4.85. The van der Waals surface area contributed by atoms with Crippen LogP contribution in [0.1, 0.15) is 18.6 Å². The van der Waals surface area contributed by atoms with E-state index in [1.807, 2.05) is 29.2 Å². The molecule has 0 aliphatic carbocycles. The zero-order valence-corrected chi connectivity index (χ0v) is 14.1. The molecule has 3 amide bonds. The molecule has 0 spiro atoms. The number of halogens is 1. The molecule has 1 aliphatic heterocycles. The van der Waals surface area contributed by atoms with E-state index in [1.54, 1.807) is 6.92 Å². The third kappa shape index (κ3) is 5.08. The molecule has 7 heteroatoms. The Morgan fingerprint density at radius 3 is 2.77 bits per heavy atom. The van der Waals surface area contributed by atoms with E-state index < -0.39 is 6.03 Å². The molecule has 0 radical (unpaired) electrons. The van der Waals surface area contributed by atoms with Crippen molar-refractivity contribution in [1.29, 1.82) is 0 Å². The van der Waals surface area contributed by atoms with Crippen LogP contribution in [-0.2, 0) is 9.53 Å². The van der Waals surface area contributed by atoms with E-state index in [4.69, 9.17) is 4.74 Å². The number of amides is 3. The third-order valence-corrected chi connectivity index (χ3v) is 3.88. The molecule has 120 valence electrons. The van der Waals surface area contributed by atoms with E-state index in [2.05, 4.69) is 26.6 Å². The quantitative estimate of drug-likeness (QED) is 0.846. The van der Waals surface area contributed by atoms with Gasteiger partial charge in [0.15, 0.2) is 0 Å². The van der Waals surface area contributed by atoms with Crippen molar-refractivity contribution in [2.24, 2.45) is 0 Å². The topological polar surface area (TPSA) is 70.7 Å². The molecule has 1 atom stereocenters. The minimum Gasteiger partial charge on any atom is -0.371 e. The van der Waals surface area contributed by atoms with E-state index in [-0.39, 0.29) is 18.6 Å². The lowest BCUT2D eigenvalue weighted by atomic mass is 10.1. The Balaban J connectivity index is 1.86. The van der Waals surface area contributed by atoms with Crippen molar-refractivity contribution in [3.05, 3.63) is 34.3 Å². The molecule has 0 saturated carbocycles. The van der Waals surface area contributed by atoms with Crippen molar-refractivity contribution in [3.63, 3.8) is 0 Å². The number of carbonyl (C=O) groups is 2. The number of carbonyl (C=O) groups excluding carboxylic acids is 2. The van der Waals surface area contributed by atoms with Crippen molar-refractivity contribution in [2.45, 2.75) is 13.0 Å². The number of nitrogens with zero attached hydrogens (tertiary/aromatic N) is 1. The molecule has 1 aromatic carbocycles. The van der Waals surface area contributed by atoms with Gasteiger partial charge in [-0.1, -0.05) is 28.1 Å². The first kappa shape index (κ1) is 16.9. The van der Waals surface area contributed by atoms with Crippen LogP contribution < -0.4 is 10.6 Å². The van der Waals surface area contributed by atoms with Gasteiger partial charge in [-0.25, -0.2) is 4.79 Å². The van der Waals surface area contributed by atoms with E-state index in [0.717, 1.165) is 10.0 Å². The predicted octanol–water partition coefficient (Wildman–Crippen LogP) is 1.67. The van der Waals surface area contributed by atoms with E-state index in [9.17, 15) is 9.59 Å². The highest BCUT2D eigenvalue weighted by Gasteiger charge is 2.23. The standard InChI is InChI=1S/C15H20BrN3O3/c1-2-17-15(21)18-14(20)10-19-7-8-22-13(9-19)11-3-5-12(16)6-4-11/h3-6,13H,2,7-10H2,1H3,(H2,17,18,20,21)/t13-/m0/s1. The maximum absolute atomic E-state index is 11.8. The van der Waals surface area contributed by atoms with Gasteiger partial charge in [0.2, 0.25) is 5.91 Å². The number of ether oxygens (including phenoxy) is 1. The highest BCUT2D eigenvalue weighted by atomic mass is 79.9. The minimum absolute atomic E-state index is 0.0564. The second-order valence-corrected chi connectivity index (χ2v) is 5.97. The second-order valence-electron chi connectivity index (χ2n) is 5.05. The van der Waals surface area contributed by atoms with Crippen molar-refractivity contribution >= 4 is 27.9 Å². The molecule has 22 heavy (non-hydrogen) atoms. The summed E-state index contributed by atoms with van der Waals surface area (Å²) in [6.07, 6.45) is -0.0564. The lowest BCUT2D eigenvalue weighted by Gasteiger charge is -2.32. The Labute approximate surface area is 138 Å². The Bertz CT molecular complexity index is 521. The van der Waals surface area contributed by atoms with Gasteiger partial charge < -0.3 is 10.1 Å². The number of urea groups is 1. The first-order chi connectivity index (χ1) is 10.6. The number of rotatable bonds is 4. The second kappa shape index (κ2) is 8.26. The van der Waals surface area contributed by atoms with Crippen LogP contribution in [0.15, 0.2) is 28.7 Å². The fourth-order valence-electron chi connectivity index (χ4n) is 2.30. The van der Waals surface area contributed by atoms with Crippen molar-refractivity contribution < 1.29 is 14.3 Å². The summed E-state index contributed by atoms with van der Waals surface area (Å²) in [5.74, 6) is -0.303. The van der Waals surface area contributed by atoms with Gasteiger partial charge in [0.25, 0.3) is 0 Å². The van der Waals surface area contributed by atoms with Crippen LogP contribution in [0.5, 0.6) is 0 Å². The van der Waals surface area contributed by atoms with Crippen molar-refractivity contribution in [2.75, 3.05) is 32.8 Å². The first-order valence-electron chi connectivity index (χ1n) is 7.25. The van der Waals surface area contributed by atoms with Crippen LogP contribution in [-0.4, -0.2) is 49.6 Å². The van der Waals surface area contributed by atoms with Gasteiger partial charge in [-0.2, -0.15) is 0 Å². The Kier molecular flexibility index (Phi) is 6.35. The molecule has 1 aliphatic rings. The Hall–Kier alpha value is -1.44. The third-order valence-electron chi connectivity index (χ3n) is 3.35. The van der Waals surface area contributed by atoms with E-state index >= 15 is 0 Å². The fourth-order valence-corrected chi connectivity index (χ4v) is 2.56. The maximum Gasteiger partial charge on any atom is 0.321 e. The summed E-state index contributed by atoms with van der Waals surface area (Å²) < 4.78 is 6.79. The number of nitrogens with one attached hydrogen (secondary N) is 2. The number of morpholine rings is 1. The number of hydrogen-bond acceptors (Lipinski definition) is 4. The molecule has 1 fully saturated rings. The molecule has 1 heterocycles. The molecule has 0 bridgehead atoms. The summed E-state index contributed by atoms with van der Waals surface area (Å²) in [6, 6.07) is 7.50. The van der Waals surface area contributed by atoms with Gasteiger partial charge >= 0.3 is 6.03 Å².